The van der Waals surface area contributed by atoms with Crippen molar-refractivity contribution >= 4 is 11.6 Å². The molecule has 0 amide bonds. The molecule has 2 aromatic heterocycles. The first-order valence-corrected chi connectivity index (χ1v) is 10.2. The first kappa shape index (κ1) is 19.1. The molecule has 148 valence electrons. The Labute approximate surface area is 185 Å². The van der Waals surface area contributed by atoms with E-state index in [0.717, 1.165) is 33.4 Å². The van der Waals surface area contributed by atoms with Crippen LogP contribution in [0.15, 0.2) is 103 Å². The second kappa shape index (κ2) is 8.46. The van der Waals surface area contributed by atoms with Gasteiger partial charge in [-0.1, -0.05) is 72.8 Å². The van der Waals surface area contributed by atoms with Gasteiger partial charge in [-0.15, -0.1) is 0 Å². The second-order valence-corrected chi connectivity index (χ2v) is 7.36. The van der Waals surface area contributed by atoms with Crippen LogP contribution in [0.1, 0.15) is 0 Å². The summed E-state index contributed by atoms with van der Waals surface area (Å²) in [4.78, 5) is 17.5. The van der Waals surface area contributed by atoms with Crippen molar-refractivity contribution in [3.05, 3.63) is 109 Å². The van der Waals surface area contributed by atoms with Crippen LogP contribution in [0.2, 0.25) is 5.28 Å². The highest BCUT2D eigenvalue weighted by Gasteiger charge is 2.10. The number of halogens is 1. The molecule has 5 rings (SSSR count). The first-order chi connectivity index (χ1) is 15.3. The van der Waals surface area contributed by atoms with Crippen molar-refractivity contribution in [3.8, 4) is 45.0 Å². The minimum absolute atomic E-state index is 0.174. The molecular weight excluding hydrogens is 404 g/mol. The normalized spacial score (nSPS) is 10.7. The minimum Gasteiger partial charge on any atom is -0.264 e. The highest BCUT2D eigenvalue weighted by molar-refractivity contribution is 6.28. The molecule has 0 bridgehead atoms. The minimum atomic E-state index is 0.174. The number of aromatic nitrogens is 4. The van der Waals surface area contributed by atoms with E-state index in [1.165, 1.54) is 0 Å². The lowest BCUT2D eigenvalue weighted by molar-refractivity contribution is 1.07. The van der Waals surface area contributed by atoms with Gasteiger partial charge in [0, 0.05) is 29.1 Å². The first-order valence-electron chi connectivity index (χ1n) is 9.84. The number of benzene rings is 3. The summed E-state index contributed by atoms with van der Waals surface area (Å²) in [5.41, 5.74) is 6.15. The number of pyridine rings is 1. The van der Waals surface area contributed by atoms with Gasteiger partial charge in [-0.3, -0.25) is 4.98 Å². The lowest BCUT2D eigenvalue weighted by atomic mass is 9.98. The fourth-order valence-corrected chi connectivity index (χ4v) is 3.61. The summed E-state index contributed by atoms with van der Waals surface area (Å²) >= 11 is 6.23. The monoisotopic (exact) mass is 420 g/mol. The number of hydrogen-bond donors (Lipinski definition) is 0. The van der Waals surface area contributed by atoms with Gasteiger partial charge in [-0.2, -0.15) is 9.97 Å². The largest absolute Gasteiger partial charge is 0.264 e. The smallest absolute Gasteiger partial charge is 0.226 e. The lowest BCUT2D eigenvalue weighted by Gasteiger charge is -2.09. The molecule has 0 atom stereocenters. The van der Waals surface area contributed by atoms with Crippen LogP contribution < -0.4 is 0 Å². The van der Waals surface area contributed by atoms with Gasteiger partial charge in [0.15, 0.2) is 11.6 Å². The predicted octanol–water partition coefficient (Wildman–Crippen LogP) is 6.59. The highest BCUT2D eigenvalue weighted by Crippen LogP contribution is 2.29. The Morgan fingerprint density at radius 2 is 1.03 bits per heavy atom. The molecule has 4 nitrogen and oxygen atoms in total. The fraction of sp³-hybridized carbons (Fsp3) is 0. The van der Waals surface area contributed by atoms with Crippen molar-refractivity contribution in [1.82, 2.24) is 19.9 Å². The van der Waals surface area contributed by atoms with Gasteiger partial charge in [0.25, 0.3) is 0 Å². The number of hydrogen-bond acceptors (Lipinski definition) is 4. The molecule has 3 aromatic carbocycles. The van der Waals surface area contributed by atoms with Crippen LogP contribution in [0.5, 0.6) is 0 Å². The molecule has 0 aliphatic heterocycles. The van der Waals surface area contributed by atoms with Crippen LogP contribution in [0.3, 0.4) is 0 Å². The summed E-state index contributed by atoms with van der Waals surface area (Å²) in [5.74, 6) is 1.10. The maximum absolute atomic E-state index is 6.23. The lowest BCUT2D eigenvalue weighted by Crippen LogP contribution is -1.97. The van der Waals surface area contributed by atoms with Crippen molar-refractivity contribution in [1.29, 1.82) is 0 Å². The van der Waals surface area contributed by atoms with Crippen molar-refractivity contribution in [2.75, 3.05) is 0 Å². The summed E-state index contributed by atoms with van der Waals surface area (Å²) in [7, 11) is 0. The van der Waals surface area contributed by atoms with Crippen molar-refractivity contribution in [2.24, 2.45) is 0 Å². The molecule has 0 saturated heterocycles. The summed E-state index contributed by atoms with van der Waals surface area (Å²) in [6.07, 6.45) is 3.65. The van der Waals surface area contributed by atoms with Crippen LogP contribution in [-0.2, 0) is 0 Å². The average molecular weight is 421 g/mol. The number of rotatable bonds is 4. The quantitative estimate of drug-likeness (QED) is 0.329. The molecule has 0 N–H and O–H groups in total. The zero-order chi connectivity index (χ0) is 21.0. The van der Waals surface area contributed by atoms with E-state index in [2.05, 4.69) is 62.4 Å². The third kappa shape index (κ3) is 4.20. The van der Waals surface area contributed by atoms with Crippen LogP contribution in [0.4, 0.5) is 0 Å². The predicted molar refractivity (Wildman–Crippen MR) is 124 cm³/mol. The summed E-state index contributed by atoms with van der Waals surface area (Å²) < 4.78 is 0. The average Bonchev–Trinajstić information content (AvgIpc) is 2.85. The van der Waals surface area contributed by atoms with E-state index in [4.69, 9.17) is 11.6 Å². The van der Waals surface area contributed by atoms with E-state index in [1.54, 1.807) is 6.20 Å². The van der Waals surface area contributed by atoms with E-state index in [1.807, 2.05) is 54.7 Å². The van der Waals surface area contributed by atoms with Crippen LogP contribution in [0, 0.1) is 0 Å². The van der Waals surface area contributed by atoms with Crippen LogP contribution in [0.25, 0.3) is 45.0 Å². The Hall–Kier alpha value is -3.89. The maximum Gasteiger partial charge on any atom is 0.226 e. The summed E-state index contributed by atoms with van der Waals surface area (Å²) in [5, 5.41) is 0.174. The van der Waals surface area contributed by atoms with E-state index < -0.39 is 0 Å². The highest BCUT2D eigenvalue weighted by atomic mass is 35.5. The van der Waals surface area contributed by atoms with E-state index in [0.29, 0.717) is 11.6 Å². The van der Waals surface area contributed by atoms with Gasteiger partial charge in [-0.25, -0.2) is 4.98 Å². The van der Waals surface area contributed by atoms with Gasteiger partial charge < -0.3 is 0 Å². The molecule has 0 aliphatic rings. The topological polar surface area (TPSA) is 51.6 Å². The van der Waals surface area contributed by atoms with Gasteiger partial charge in [0.2, 0.25) is 5.28 Å². The Kier molecular flexibility index (Phi) is 5.21. The summed E-state index contributed by atoms with van der Waals surface area (Å²) in [6.45, 7) is 0. The van der Waals surface area contributed by atoms with E-state index in [9.17, 15) is 0 Å². The third-order valence-electron chi connectivity index (χ3n) is 4.95. The Morgan fingerprint density at radius 1 is 0.484 bits per heavy atom. The zero-order valence-electron chi connectivity index (χ0n) is 16.5. The fourth-order valence-electron chi connectivity index (χ4n) is 3.45. The summed E-state index contributed by atoms with van der Waals surface area (Å²) in [6, 6.07) is 30.3. The maximum atomic E-state index is 6.23. The van der Waals surface area contributed by atoms with Crippen molar-refractivity contribution in [3.63, 3.8) is 0 Å². The van der Waals surface area contributed by atoms with Crippen LogP contribution >= 0.6 is 11.6 Å². The van der Waals surface area contributed by atoms with Gasteiger partial charge >= 0.3 is 0 Å². The standard InChI is InChI=1S/C26H17ClN4/c27-26-30-24(18-7-2-1-3-8-18)29-25(31-26)22-12-5-10-20(16-22)19-9-4-11-21(15-19)23-13-6-14-28-17-23/h1-17H. The second-order valence-electron chi connectivity index (χ2n) is 7.02. The molecular formula is C26H17ClN4. The molecule has 5 aromatic rings. The van der Waals surface area contributed by atoms with Gasteiger partial charge in [0.1, 0.15) is 0 Å². The molecule has 0 spiro atoms. The van der Waals surface area contributed by atoms with Crippen molar-refractivity contribution < 1.29 is 0 Å². The molecule has 5 heteroatoms. The SMILES string of the molecule is Clc1nc(-c2ccccc2)nc(-c2cccc(-c3cccc(-c4cccnc4)c3)c2)n1. The third-order valence-corrected chi connectivity index (χ3v) is 5.12. The van der Waals surface area contributed by atoms with Gasteiger partial charge in [-0.05, 0) is 46.5 Å². The van der Waals surface area contributed by atoms with Gasteiger partial charge in [0.05, 0.1) is 0 Å². The van der Waals surface area contributed by atoms with Crippen molar-refractivity contribution in [2.45, 2.75) is 0 Å². The Bertz CT molecular complexity index is 1340. The molecule has 0 aliphatic carbocycles. The Morgan fingerprint density at radius 3 is 1.71 bits per heavy atom. The Balaban J connectivity index is 1.54. The zero-order valence-corrected chi connectivity index (χ0v) is 17.2. The molecule has 0 radical (unpaired) electrons. The molecule has 0 saturated carbocycles. The molecule has 0 fully saturated rings. The van der Waals surface area contributed by atoms with Crippen LogP contribution in [-0.4, -0.2) is 19.9 Å². The molecule has 0 unspecified atom stereocenters. The number of nitrogens with zero attached hydrogens (tertiary/aromatic N) is 4. The molecule has 31 heavy (non-hydrogen) atoms. The molecule has 2 heterocycles. The van der Waals surface area contributed by atoms with E-state index >= 15 is 0 Å². The van der Waals surface area contributed by atoms with E-state index in [-0.39, 0.29) is 5.28 Å².